The van der Waals surface area contributed by atoms with Gasteiger partial charge in [-0.25, -0.2) is 4.39 Å². The number of halogens is 2. The lowest BCUT2D eigenvalue weighted by atomic mass is 10.1. The second-order valence-corrected chi connectivity index (χ2v) is 7.90. The molecule has 0 radical (unpaired) electrons. The van der Waals surface area contributed by atoms with Gasteiger partial charge < -0.3 is 19.4 Å². The fraction of sp³-hybridized carbons (Fsp3) is 0.364. The minimum Gasteiger partial charge on any atom is -0.495 e. The van der Waals surface area contributed by atoms with Crippen LogP contribution in [-0.2, 0) is 9.59 Å². The number of carbonyl (C=O) groups excluding carboxylic acids is 2. The molecule has 0 saturated carbocycles. The largest absolute Gasteiger partial charge is 0.495 e. The van der Waals surface area contributed by atoms with Crippen LogP contribution >= 0.6 is 11.6 Å². The second-order valence-electron chi connectivity index (χ2n) is 7.49. The molecule has 2 amide bonds. The predicted molar refractivity (Wildman–Crippen MR) is 114 cm³/mol. The van der Waals surface area contributed by atoms with E-state index in [1.54, 1.807) is 7.11 Å². The lowest BCUT2D eigenvalue weighted by molar-refractivity contribution is -0.136. The summed E-state index contributed by atoms with van der Waals surface area (Å²) in [5.41, 5.74) is 1.53. The molecule has 2 aromatic carbocycles. The molecule has 0 N–H and O–H groups in total. The van der Waals surface area contributed by atoms with E-state index >= 15 is 0 Å². The van der Waals surface area contributed by atoms with Crippen LogP contribution in [0.15, 0.2) is 42.5 Å². The van der Waals surface area contributed by atoms with Gasteiger partial charge in [0.25, 0.3) is 0 Å². The molecule has 2 aromatic rings. The summed E-state index contributed by atoms with van der Waals surface area (Å²) < 4.78 is 18.9. The summed E-state index contributed by atoms with van der Waals surface area (Å²) in [4.78, 5) is 31.0. The molecule has 0 unspecified atom stereocenters. The molecule has 6 nitrogen and oxygen atoms in total. The molecule has 2 heterocycles. The first kappa shape index (κ1) is 20.5. The highest BCUT2D eigenvalue weighted by Gasteiger charge is 2.38. The van der Waals surface area contributed by atoms with Gasteiger partial charge in [0.15, 0.2) is 0 Å². The molecular formula is C22H23ClFN3O3. The maximum Gasteiger partial charge on any atom is 0.228 e. The Morgan fingerprint density at radius 3 is 2.57 bits per heavy atom. The van der Waals surface area contributed by atoms with Crippen LogP contribution in [0.25, 0.3) is 0 Å². The van der Waals surface area contributed by atoms with Gasteiger partial charge >= 0.3 is 0 Å². The third-order valence-corrected chi connectivity index (χ3v) is 6.00. The Balaban J connectivity index is 1.39. The Morgan fingerprint density at radius 1 is 1.13 bits per heavy atom. The van der Waals surface area contributed by atoms with E-state index in [2.05, 4.69) is 4.90 Å². The first-order chi connectivity index (χ1) is 14.5. The van der Waals surface area contributed by atoms with E-state index < -0.39 is 11.7 Å². The van der Waals surface area contributed by atoms with Crippen LogP contribution in [0.2, 0.25) is 5.02 Å². The topological polar surface area (TPSA) is 53.1 Å². The van der Waals surface area contributed by atoms with Crippen molar-refractivity contribution in [3.05, 3.63) is 53.3 Å². The highest BCUT2D eigenvalue weighted by Crippen LogP contribution is 2.31. The number of nitrogens with zero attached hydrogens (tertiary/aromatic N) is 3. The fourth-order valence-corrected chi connectivity index (χ4v) is 4.27. The van der Waals surface area contributed by atoms with Crippen molar-refractivity contribution >= 4 is 34.8 Å². The number of carbonyl (C=O) groups is 2. The maximum absolute atomic E-state index is 13.4. The molecule has 8 heteroatoms. The van der Waals surface area contributed by atoms with Crippen molar-refractivity contribution in [2.75, 3.05) is 49.6 Å². The average molecular weight is 432 g/mol. The number of para-hydroxylation sites is 2. The summed E-state index contributed by atoms with van der Waals surface area (Å²) in [7, 11) is 1.65. The first-order valence-electron chi connectivity index (χ1n) is 9.90. The molecular weight excluding hydrogens is 409 g/mol. The van der Waals surface area contributed by atoms with Crippen LogP contribution in [0.1, 0.15) is 6.42 Å². The fourth-order valence-electron chi connectivity index (χ4n) is 4.09. The molecule has 30 heavy (non-hydrogen) atoms. The quantitative estimate of drug-likeness (QED) is 0.746. The minimum absolute atomic E-state index is 0.0151. The van der Waals surface area contributed by atoms with Crippen LogP contribution in [-0.4, -0.2) is 56.5 Å². The Hall–Kier alpha value is -2.80. The third-order valence-electron chi connectivity index (χ3n) is 5.71. The molecule has 2 aliphatic heterocycles. The Bertz CT molecular complexity index is 962. The van der Waals surface area contributed by atoms with Crippen molar-refractivity contribution in [1.29, 1.82) is 0 Å². The molecule has 0 spiro atoms. The van der Waals surface area contributed by atoms with Crippen LogP contribution in [0.5, 0.6) is 5.75 Å². The van der Waals surface area contributed by atoms with Gasteiger partial charge in [0.05, 0.1) is 23.7 Å². The van der Waals surface area contributed by atoms with Crippen molar-refractivity contribution in [3.8, 4) is 5.75 Å². The van der Waals surface area contributed by atoms with Gasteiger partial charge in [-0.1, -0.05) is 23.7 Å². The number of amides is 2. The van der Waals surface area contributed by atoms with Gasteiger partial charge in [-0.3, -0.25) is 9.59 Å². The maximum atomic E-state index is 13.4. The number of anilines is 2. The highest BCUT2D eigenvalue weighted by molar-refractivity contribution is 6.31. The van der Waals surface area contributed by atoms with E-state index in [9.17, 15) is 14.0 Å². The van der Waals surface area contributed by atoms with Crippen molar-refractivity contribution in [1.82, 2.24) is 4.90 Å². The van der Waals surface area contributed by atoms with Crippen LogP contribution in [0.4, 0.5) is 15.8 Å². The summed E-state index contributed by atoms with van der Waals surface area (Å²) in [6, 6.07) is 12.0. The normalized spacial score (nSPS) is 19.4. The number of ether oxygens (including phenoxy) is 1. The van der Waals surface area contributed by atoms with E-state index in [0.29, 0.717) is 31.9 Å². The summed E-state index contributed by atoms with van der Waals surface area (Å²) in [6.07, 6.45) is 0.153. The number of methoxy groups -OCH3 is 1. The molecule has 0 aromatic heterocycles. The zero-order valence-corrected chi connectivity index (χ0v) is 17.4. The molecule has 158 valence electrons. The average Bonchev–Trinajstić information content (AvgIpc) is 3.17. The Labute approximate surface area is 179 Å². The van der Waals surface area contributed by atoms with Crippen molar-refractivity contribution < 1.29 is 18.7 Å². The number of hydrogen-bond acceptors (Lipinski definition) is 4. The third kappa shape index (κ3) is 3.94. The predicted octanol–water partition coefficient (Wildman–Crippen LogP) is 3.19. The summed E-state index contributed by atoms with van der Waals surface area (Å²) >= 11 is 5.84. The van der Waals surface area contributed by atoms with E-state index in [4.69, 9.17) is 16.3 Å². The van der Waals surface area contributed by atoms with E-state index in [-0.39, 0.29) is 29.8 Å². The van der Waals surface area contributed by atoms with Crippen LogP contribution < -0.4 is 14.5 Å². The molecule has 0 aliphatic carbocycles. The Morgan fingerprint density at radius 2 is 1.87 bits per heavy atom. The van der Waals surface area contributed by atoms with Gasteiger partial charge in [-0.15, -0.1) is 0 Å². The summed E-state index contributed by atoms with van der Waals surface area (Å²) in [5, 5.41) is -0.0393. The standard InChI is InChI=1S/C22H23ClFN3O3/c1-30-20-5-3-2-4-19(20)25-8-10-26(11-9-25)22(29)15-12-21(28)27(14-15)16-6-7-18(24)17(23)13-16/h2-7,13,15H,8-12,14H2,1H3/t15-/m0/s1. The lowest BCUT2D eigenvalue weighted by Gasteiger charge is -2.37. The highest BCUT2D eigenvalue weighted by atomic mass is 35.5. The molecule has 1 atom stereocenters. The number of hydrogen-bond donors (Lipinski definition) is 0. The lowest BCUT2D eigenvalue weighted by Crippen LogP contribution is -2.50. The smallest absolute Gasteiger partial charge is 0.228 e. The monoisotopic (exact) mass is 431 g/mol. The Kier molecular flexibility index (Phi) is 5.81. The number of benzene rings is 2. The zero-order valence-electron chi connectivity index (χ0n) is 16.7. The molecule has 4 rings (SSSR count). The van der Waals surface area contributed by atoms with Gasteiger partial charge in [0.2, 0.25) is 11.8 Å². The van der Waals surface area contributed by atoms with Crippen LogP contribution in [0, 0.1) is 11.7 Å². The first-order valence-corrected chi connectivity index (χ1v) is 10.3. The SMILES string of the molecule is COc1ccccc1N1CCN(C(=O)[C@H]2CC(=O)N(c3ccc(F)c(Cl)c3)C2)CC1. The summed E-state index contributed by atoms with van der Waals surface area (Å²) in [5.74, 6) is -0.290. The minimum atomic E-state index is -0.535. The van der Waals surface area contributed by atoms with Gasteiger partial charge in [0.1, 0.15) is 11.6 Å². The number of piperazine rings is 1. The van der Waals surface area contributed by atoms with E-state index in [1.165, 1.54) is 23.1 Å². The van der Waals surface area contributed by atoms with Crippen LogP contribution in [0.3, 0.4) is 0 Å². The van der Waals surface area contributed by atoms with Crippen molar-refractivity contribution in [2.24, 2.45) is 5.92 Å². The zero-order chi connectivity index (χ0) is 21.3. The van der Waals surface area contributed by atoms with Crippen molar-refractivity contribution in [2.45, 2.75) is 6.42 Å². The van der Waals surface area contributed by atoms with Gasteiger partial charge in [-0.05, 0) is 30.3 Å². The van der Waals surface area contributed by atoms with E-state index in [0.717, 1.165) is 11.4 Å². The van der Waals surface area contributed by atoms with Gasteiger partial charge in [0, 0.05) is 44.8 Å². The van der Waals surface area contributed by atoms with Gasteiger partial charge in [-0.2, -0.15) is 0 Å². The number of rotatable bonds is 4. The summed E-state index contributed by atoms with van der Waals surface area (Å²) in [6.45, 7) is 2.86. The van der Waals surface area contributed by atoms with E-state index in [1.807, 2.05) is 29.2 Å². The molecule has 2 saturated heterocycles. The molecule has 2 fully saturated rings. The molecule has 2 aliphatic rings. The second kappa shape index (κ2) is 8.52. The molecule has 0 bridgehead atoms. The van der Waals surface area contributed by atoms with Crippen molar-refractivity contribution in [3.63, 3.8) is 0 Å².